The summed E-state index contributed by atoms with van der Waals surface area (Å²) in [6, 6.07) is 19.6. The Morgan fingerprint density at radius 1 is 0.839 bits per heavy atom. The molecule has 2 N–H and O–H groups in total. The molecule has 0 radical (unpaired) electrons. The van der Waals surface area contributed by atoms with E-state index in [1.54, 1.807) is 61.5 Å². The van der Waals surface area contributed by atoms with Gasteiger partial charge in [0.25, 0.3) is 20.0 Å². The summed E-state index contributed by atoms with van der Waals surface area (Å²) in [4.78, 5) is -0.0707. The van der Waals surface area contributed by atoms with Gasteiger partial charge in [-0.05, 0) is 60.5 Å². The summed E-state index contributed by atoms with van der Waals surface area (Å²) < 4.78 is 60.4. The first kappa shape index (κ1) is 22.4. The molecular formula is C22H22N2O5S2. The lowest BCUT2D eigenvalue weighted by atomic mass is 10.2. The lowest BCUT2D eigenvalue weighted by Gasteiger charge is -2.12. The van der Waals surface area contributed by atoms with Gasteiger partial charge in [0.1, 0.15) is 5.75 Å². The summed E-state index contributed by atoms with van der Waals surface area (Å²) >= 11 is 0. The van der Waals surface area contributed by atoms with Gasteiger partial charge in [-0.3, -0.25) is 9.44 Å². The molecule has 3 aromatic carbocycles. The van der Waals surface area contributed by atoms with E-state index in [2.05, 4.69) is 9.44 Å². The van der Waals surface area contributed by atoms with Crippen molar-refractivity contribution in [1.82, 2.24) is 0 Å². The van der Waals surface area contributed by atoms with Gasteiger partial charge < -0.3 is 4.74 Å². The van der Waals surface area contributed by atoms with Crippen molar-refractivity contribution in [3.8, 4) is 5.75 Å². The average molecular weight is 459 g/mol. The first-order valence-electron chi connectivity index (χ1n) is 9.22. The van der Waals surface area contributed by atoms with Crippen molar-refractivity contribution in [3.05, 3.63) is 89.3 Å². The van der Waals surface area contributed by atoms with Crippen LogP contribution in [0, 0.1) is 6.92 Å². The fraction of sp³-hybridized carbons (Fsp3) is 0.0909. The van der Waals surface area contributed by atoms with Crippen molar-refractivity contribution in [2.75, 3.05) is 16.6 Å². The summed E-state index contributed by atoms with van der Waals surface area (Å²) in [7, 11) is -6.25. The second kappa shape index (κ2) is 9.23. The highest BCUT2D eigenvalue weighted by Gasteiger charge is 2.17. The maximum atomic E-state index is 12.8. The normalized spacial score (nSPS) is 11.9. The van der Waals surface area contributed by atoms with Crippen molar-refractivity contribution < 1.29 is 21.6 Å². The van der Waals surface area contributed by atoms with Crippen molar-refractivity contribution in [1.29, 1.82) is 0 Å². The molecule has 0 fully saturated rings. The zero-order chi connectivity index (χ0) is 22.5. The van der Waals surface area contributed by atoms with Gasteiger partial charge in [-0.15, -0.1) is 0 Å². The molecule has 0 aliphatic carbocycles. The van der Waals surface area contributed by atoms with Gasteiger partial charge in [0.2, 0.25) is 0 Å². The zero-order valence-corrected chi connectivity index (χ0v) is 18.6. The smallest absolute Gasteiger partial charge is 0.261 e. The lowest BCUT2D eigenvalue weighted by Crippen LogP contribution is -2.15. The maximum absolute atomic E-state index is 12.8. The third-order valence-electron chi connectivity index (χ3n) is 4.35. The Bertz CT molecular complexity index is 1290. The summed E-state index contributed by atoms with van der Waals surface area (Å²) in [6.07, 6.45) is 1.46. The highest BCUT2D eigenvalue weighted by molar-refractivity contribution is 7.95. The molecular weight excluding hydrogens is 436 g/mol. The van der Waals surface area contributed by atoms with Crippen LogP contribution < -0.4 is 14.2 Å². The SMILES string of the molecule is COc1ccc(NS(=O)(=O)c2ccc(C)c(NS(=O)(=O)C=Cc3ccccc3)c2)cc1. The lowest BCUT2D eigenvalue weighted by molar-refractivity contribution is 0.415. The van der Waals surface area contributed by atoms with Gasteiger partial charge in [0, 0.05) is 5.69 Å². The molecule has 0 aliphatic rings. The fourth-order valence-corrected chi connectivity index (χ4v) is 4.69. The number of methoxy groups -OCH3 is 1. The molecule has 31 heavy (non-hydrogen) atoms. The van der Waals surface area contributed by atoms with E-state index in [0.717, 1.165) is 11.0 Å². The molecule has 0 atom stereocenters. The van der Waals surface area contributed by atoms with E-state index >= 15 is 0 Å². The predicted octanol–water partition coefficient (Wildman–Crippen LogP) is 4.22. The molecule has 0 saturated heterocycles. The molecule has 0 heterocycles. The Morgan fingerprint density at radius 3 is 2.16 bits per heavy atom. The van der Waals surface area contributed by atoms with Crippen molar-refractivity contribution >= 4 is 37.5 Å². The van der Waals surface area contributed by atoms with E-state index < -0.39 is 20.0 Å². The molecule has 0 spiro atoms. The Kier molecular flexibility index (Phi) is 6.67. The van der Waals surface area contributed by atoms with Gasteiger partial charge in [-0.1, -0.05) is 36.4 Å². The Balaban J connectivity index is 1.82. The first-order chi connectivity index (χ1) is 14.7. The van der Waals surface area contributed by atoms with Crippen LogP contribution in [-0.2, 0) is 20.0 Å². The maximum Gasteiger partial charge on any atom is 0.261 e. The van der Waals surface area contributed by atoms with Crippen molar-refractivity contribution in [2.24, 2.45) is 0 Å². The Hall–Kier alpha value is -3.30. The average Bonchev–Trinajstić information content (AvgIpc) is 2.75. The Morgan fingerprint density at radius 2 is 1.52 bits per heavy atom. The molecule has 0 bridgehead atoms. The number of aryl methyl sites for hydroxylation is 1. The van der Waals surface area contributed by atoms with Gasteiger partial charge in [0.05, 0.1) is 23.1 Å². The minimum atomic E-state index is -3.93. The van der Waals surface area contributed by atoms with Crippen LogP contribution in [0.4, 0.5) is 11.4 Å². The molecule has 0 saturated carbocycles. The molecule has 0 amide bonds. The number of ether oxygens (including phenoxy) is 1. The zero-order valence-electron chi connectivity index (χ0n) is 16.9. The van der Waals surface area contributed by atoms with Crippen LogP contribution in [-0.4, -0.2) is 23.9 Å². The number of sulfonamides is 2. The third-order valence-corrected chi connectivity index (χ3v) is 6.73. The third kappa shape index (κ3) is 6.09. The second-order valence-corrected chi connectivity index (χ2v) is 9.92. The van der Waals surface area contributed by atoms with Crippen LogP contribution >= 0.6 is 0 Å². The van der Waals surface area contributed by atoms with Crippen LogP contribution in [0.1, 0.15) is 11.1 Å². The van der Waals surface area contributed by atoms with Gasteiger partial charge in [-0.2, -0.15) is 0 Å². The number of anilines is 2. The molecule has 9 heteroatoms. The van der Waals surface area contributed by atoms with Crippen LogP contribution in [0.25, 0.3) is 6.08 Å². The molecule has 7 nitrogen and oxygen atoms in total. The van der Waals surface area contributed by atoms with Crippen LogP contribution in [0.3, 0.4) is 0 Å². The second-order valence-electron chi connectivity index (χ2n) is 6.67. The van der Waals surface area contributed by atoms with Gasteiger partial charge >= 0.3 is 0 Å². The summed E-state index contributed by atoms with van der Waals surface area (Å²) in [5.41, 5.74) is 1.84. The molecule has 3 aromatic rings. The van der Waals surface area contributed by atoms with E-state index in [0.29, 0.717) is 17.0 Å². The summed E-state index contributed by atoms with van der Waals surface area (Å²) in [5, 5.41) is 1.04. The van der Waals surface area contributed by atoms with E-state index in [4.69, 9.17) is 4.74 Å². The molecule has 0 unspecified atom stereocenters. The van der Waals surface area contributed by atoms with Crippen molar-refractivity contribution in [3.63, 3.8) is 0 Å². The Labute approximate surface area is 182 Å². The summed E-state index contributed by atoms with van der Waals surface area (Å²) in [5.74, 6) is 0.596. The highest BCUT2D eigenvalue weighted by Crippen LogP contribution is 2.24. The molecule has 0 aliphatic heterocycles. The van der Waals surface area contributed by atoms with E-state index in [1.165, 1.54) is 25.3 Å². The highest BCUT2D eigenvalue weighted by atomic mass is 32.2. The largest absolute Gasteiger partial charge is 0.497 e. The standard InChI is InChI=1S/C22H22N2O5S2/c1-17-8-13-21(31(27,28)23-19-9-11-20(29-2)12-10-19)16-22(17)24-30(25,26)15-14-18-6-4-3-5-7-18/h3-16,23-24H,1-2H3. The molecule has 0 aromatic heterocycles. The van der Waals surface area contributed by atoms with E-state index in [-0.39, 0.29) is 10.6 Å². The monoisotopic (exact) mass is 458 g/mol. The van der Waals surface area contributed by atoms with Gasteiger partial charge in [0.15, 0.2) is 0 Å². The minimum absolute atomic E-state index is 0.0707. The number of nitrogens with one attached hydrogen (secondary N) is 2. The predicted molar refractivity (Wildman–Crippen MR) is 123 cm³/mol. The summed E-state index contributed by atoms with van der Waals surface area (Å²) in [6.45, 7) is 1.69. The fourth-order valence-electron chi connectivity index (χ4n) is 2.67. The first-order valence-corrected chi connectivity index (χ1v) is 12.2. The van der Waals surface area contributed by atoms with Gasteiger partial charge in [-0.25, -0.2) is 16.8 Å². The van der Waals surface area contributed by atoms with Crippen LogP contribution in [0.5, 0.6) is 5.75 Å². The van der Waals surface area contributed by atoms with Crippen LogP contribution in [0.15, 0.2) is 83.1 Å². The number of benzene rings is 3. The quantitative estimate of drug-likeness (QED) is 0.526. The van der Waals surface area contributed by atoms with E-state index in [1.807, 2.05) is 6.07 Å². The van der Waals surface area contributed by atoms with E-state index in [9.17, 15) is 16.8 Å². The topological polar surface area (TPSA) is 102 Å². The number of hydrogen-bond acceptors (Lipinski definition) is 5. The number of hydrogen-bond donors (Lipinski definition) is 2. The molecule has 3 rings (SSSR count). The number of rotatable bonds is 8. The van der Waals surface area contributed by atoms with Crippen molar-refractivity contribution in [2.45, 2.75) is 11.8 Å². The molecule has 162 valence electrons. The minimum Gasteiger partial charge on any atom is -0.497 e. The van der Waals surface area contributed by atoms with Crippen LogP contribution in [0.2, 0.25) is 0 Å².